The van der Waals surface area contributed by atoms with Crippen molar-refractivity contribution in [3.8, 4) is 0 Å². The molecule has 1 aromatic carbocycles. The Morgan fingerprint density at radius 1 is 0.700 bits per heavy atom. The minimum absolute atomic E-state index is 0. The molecule has 0 heterocycles. The molecular formula is C25H39Cl3SiTi. The Morgan fingerprint density at radius 3 is 1.70 bits per heavy atom. The fourth-order valence-electron chi connectivity index (χ4n) is 4.53. The molecule has 0 atom stereocenters. The summed E-state index contributed by atoms with van der Waals surface area (Å²) in [4.78, 5) is 0. The van der Waals surface area contributed by atoms with E-state index in [0.717, 1.165) is 0 Å². The van der Waals surface area contributed by atoms with Crippen molar-refractivity contribution in [1.82, 2.24) is 0 Å². The van der Waals surface area contributed by atoms with Gasteiger partial charge in [-0.1, -0.05) is 0 Å². The van der Waals surface area contributed by atoms with Gasteiger partial charge in [0, 0.05) is 0 Å². The van der Waals surface area contributed by atoms with Gasteiger partial charge in [0.15, 0.2) is 0 Å². The van der Waals surface area contributed by atoms with Gasteiger partial charge in [-0.05, 0) is 0 Å². The topological polar surface area (TPSA) is 0 Å². The molecule has 0 radical (unpaired) electrons. The summed E-state index contributed by atoms with van der Waals surface area (Å²) >= 11 is 2.43. The summed E-state index contributed by atoms with van der Waals surface area (Å²) in [5.74, 6) is 0. The zero-order valence-electron chi connectivity index (χ0n) is 20.0. The molecular weight excluding hydrogens is 483 g/mol. The maximum absolute atomic E-state index is 2.43. The number of unbranched alkanes of at least 4 members (excludes halogenated alkanes) is 3. The van der Waals surface area contributed by atoms with E-state index < -0.39 is 0 Å². The number of hydrogen-bond donors (Lipinski definition) is 0. The molecule has 1 aliphatic carbocycles. The molecule has 0 bridgehead atoms. The van der Waals surface area contributed by atoms with Crippen molar-refractivity contribution in [3.63, 3.8) is 0 Å². The zero-order valence-corrected chi connectivity index (χ0v) is 25.2. The Balaban J connectivity index is 0. The van der Waals surface area contributed by atoms with Crippen molar-refractivity contribution in [2.45, 2.75) is 99.8 Å². The summed E-state index contributed by atoms with van der Waals surface area (Å²) in [6, 6.07) is 0. The fourth-order valence-corrected chi connectivity index (χ4v) is 8.09. The largest absolute Gasteiger partial charge is 1.00 e. The third-order valence-corrected chi connectivity index (χ3v) is 10.5. The molecule has 0 spiro atoms. The molecule has 0 N–H and O–H groups in total. The van der Waals surface area contributed by atoms with E-state index in [4.69, 9.17) is 0 Å². The van der Waals surface area contributed by atoms with Crippen LogP contribution in [0.25, 0.3) is 0 Å². The predicted molar refractivity (Wildman–Crippen MR) is 121 cm³/mol. The van der Waals surface area contributed by atoms with E-state index in [1.807, 2.05) is 5.20 Å². The van der Waals surface area contributed by atoms with E-state index in [9.17, 15) is 0 Å². The van der Waals surface area contributed by atoms with Crippen molar-refractivity contribution in [2.24, 2.45) is 0 Å². The molecule has 168 valence electrons. The van der Waals surface area contributed by atoms with Crippen LogP contribution in [0.15, 0.2) is 20.2 Å². The van der Waals surface area contributed by atoms with E-state index in [0.29, 0.717) is 0 Å². The average Bonchev–Trinajstić information content (AvgIpc) is 2.95. The summed E-state index contributed by atoms with van der Waals surface area (Å²) in [6.07, 6.45) is 10.7. The van der Waals surface area contributed by atoms with Crippen LogP contribution in [0.3, 0.4) is 0 Å². The van der Waals surface area contributed by atoms with Gasteiger partial charge >= 0.3 is 183 Å². The van der Waals surface area contributed by atoms with E-state index in [1.165, 1.54) is 68.1 Å². The summed E-state index contributed by atoms with van der Waals surface area (Å²) in [7, 11) is -0.381. The van der Waals surface area contributed by atoms with Crippen molar-refractivity contribution in [2.75, 3.05) is 0 Å². The summed E-state index contributed by atoms with van der Waals surface area (Å²) in [5, 5.41) is 3.60. The van der Waals surface area contributed by atoms with Gasteiger partial charge in [-0.3, -0.25) is 0 Å². The molecule has 2 rings (SSSR count). The smallest absolute Gasteiger partial charge is 1.00 e. The van der Waals surface area contributed by atoms with Crippen LogP contribution in [0.1, 0.15) is 93.0 Å². The molecule has 1 aromatic rings. The Bertz CT molecular complexity index is 737. The number of allylic oxidation sites excluding steroid dienone is 4. The van der Waals surface area contributed by atoms with E-state index >= 15 is 0 Å². The maximum atomic E-state index is 2.43. The predicted octanol–water partition coefficient (Wildman–Crippen LogP) is -2.74. The second-order valence-electron chi connectivity index (χ2n) is 8.58. The van der Waals surface area contributed by atoms with Crippen LogP contribution in [0.5, 0.6) is 0 Å². The van der Waals surface area contributed by atoms with Crippen LogP contribution in [-0.4, -0.2) is 9.52 Å². The Labute approximate surface area is 219 Å². The minimum Gasteiger partial charge on any atom is -1.00 e. The molecule has 0 amide bonds. The summed E-state index contributed by atoms with van der Waals surface area (Å²) in [6.45, 7) is 16.4. The first kappa shape index (κ1) is 32.7. The van der Waals surface area contributed by atoms with Crippen molar-refractivity contribution >= 4 is 14.7 Å². The maximum Gasteiger partial charge on any atom is -1.00 e. The van der Waals surface area contributed by atoms with Crippen molar-refractivity contribution in [1.29, 1.82) is 0 Å². The van der Waals surface area contributed by atoms with Gasteiger partial charge in [0.05, 0.1) is 0 Å². The molecule has 30 heavy (non-hydrogen) atoms. The van der Waals surface area contributed by atoms with E-state index in [-0.39, 0.29) is 46.7 Å². The van der Waals surface area contributed by atoms with E-state index in [1.54, 1.807) is 31.3 Å². The molecule has 0 saturated carbocycles. The van der Waals surface area contributed by atoms with Gasteiger partial charge in [-0.2, -0.15) is 0 Å². The molecule has 5 heteroatoms. The second kappa shape index (κ2) is 15.4. The van der Waals surface area contributed by atoms with Gasteiger partial charge in [-0.15, -0.1) is 0 Å². The Morgan fingerprint density at radius 2 is 1.20 bits per heavy atom. The molecule has 0 aliphatic heterocycles. The third kappa shape index (κ3) is 7.53. The second-order valence-corrected chi connectivity index (χ2v) is 11.3. The molecule has 0 unspecified atom stereocenters. The molecule has 0 aromatic heterocycles. The number of rotatable bonds is 9. The molecule has 0 fully saturated rings. The van der Waals surface area contributed by atoms with Gasteiger partial charge in [0.2, 0.25) is 0 Å². The van der Waals surface area contributed by atoms with Crippen LogP contribution >= 0.6 is 0 Å². The Kier molecular flexibility index (Phi) is 16.7. The first-order chi connectivity index (χ1) is 12.8. The fraction of sp³-hybridized carbons (Fsp3) is 0.600. The number of benzene rings is 1. The SMILES string of the molecule is CCCCCC1=[C]([Ti+3])C(CCCC)=C([SiH2]c2c(C)c(C)c(C)c(C)c2C)C1.[Cl-].[Cl-].[Cl-]. The average molecular weight is 522 g/mol. The zero-order chi connectivity index (χ0) is 20.1. The molecule has 1 aliphatic rings. The van der Waals surface area contributed by atoms with Crippen LogP contribution in [0.2, 0.25) is 0 Å². The first-order valence-corrected chi connectivity index (χ1v) is 13.2. The summed E-state index contributed by atoms with van der Waals surface area (Å²) < 4.78 is 1.68. The minimum atomic E-state index is -0.381. The third-order valence-electron chi connectivity index (χ3n) is 6.92. The Hall–Kier alpha value is 0.501. The van der Waals surface area contributed by atoms with Crippen LogP contribution in [0, 0.1) is 34.6 Å². The number of halogens is 3. The standard InChI is InChI=1S/C25H39Si.3ClH.Ti/c1-8-10-12-13-22-15-23(14-11-9-2)24(16-22)26-25-20(6)18(4)17(3)19(5)21(25)7;;;;/h8-14,16,26H2,1-7H3;3*1H;/q;;;;+3/p-3. The van der Waals surface area contributed by atoms with Gasteiger partial charge in [-0.25, -0.2) is 0 Å². The van der Waals surface area contributed by atoms with Crippen LogP contribution < -0.4 is 42.4 Å². The monoisotopic (exact) mass is 520 g/mol. The van der Waals surface area contributed by atoms with Crippen LogP contribution in [-0.2, 0) is 20.4 Å². The van der Waals surface area contributed by atoms with E-state index in [2.05, 4.69) is 68.9 Å². The van der Waals surface area contributed by atoms with Crippen molar-refractivity contribution in [3.05, 3.63) is 48.0 Å². The van der Waals surface area contributed by atoms with Crippen LogP contribution in [0.4, 0.5) is 0 Å². The molecule has 0 saturated heterocycles. The number of hydrogen-bond acceptors (Lipinski definition) is 0. The normalized spacial score (nSPS) is 13.6. The van der Waals surface area contributed by atoms with Gasteiger partial charge < -0.3 is 37.2 Å². The van der Waals surface area contributed by atoms with Gasteiger partial charge in [0.1, 0.15) is 0 Å². The molecule has 0 nitrogen and oxygen atoms in total. The quantitative estimate of drug-likeness (QED) is 0.245. The first-order valence-electron chi connectivity index (χ1n) is 11.0. The van der Waals surface area contributed by atoms with Crippen molar-refractivity contribution < 1.29 is 57.7 Å². The summed E-state index contributed by atoms with van der Waals surface area (Å²) in [5.41, 5.74) is 11.3. The van der Waals surface area contributed by atoms with Gasteiger partial charge in [0.25, 0.3) is 0 Å².